The van der Waals surface area contributed by atoms with Gasteiger partial charge in [0.25, 0.3) is 0 Å². The van der Waals surface area contributed by atoms with Crippen molar-refractivity contribution < 1.29 is 8.42 Å². The van der Waals surface area contributed by atoms with Crippen LogP contribution in [0, 0.1) is 0 Å². The molecule has 0 aliphatic heterocycles. The molecule has 2 N–H and O–H groups in total. The molecule has 19 heavy (non-hydrogen) atoms. The van der Waals surface area contributed by atoms with Crippen molar-refractivity contribution in [2.24, 2.45) is 5.73 Å². The molecule has 0 spiro atoms. The Morgan fingerprint density at radius 2 is 1.79 bits per heavy atom. The molecule has 2 aromatic carbocycles. The van der Waals surface area contributed by atoms with Gasteiger partial charge in [-0.1, -0.05) is 42.5 Å². The normalized spacial score (nSPS) is 13.6. The lowest BCUT2D eigenvalue weighted by Crippen LogP contribution is -2.13. The van der Waals surface area contributed by atoms with Crippen LogP contribution in [-0.4, -0.2) is 20.4 Å². The molecule has 0 saturated heterocycles. The Morgan fingerprint density at radius 3 is 2.53 bits per heavy atom. The van der Waals surface area contributed by atoms with Crippen LogP contribution in [0.15, 0.2) is 42.5 Å². The fraction of sp³-hybridized carbons (Fsp3) is 0.333. The molecule has 2 rings (SSSR count). The Labute approximate surface area is 114 Å². The topological polar surface area (TPSA) is 60.2 Å². The van der Waals surface area contributed by atoms with E-state index in [0.717, 1.165) is 10.9 Å². The first-order valence-electron chi connectivity index (χ1n) is 6.38. The summed E-state index contributed by atoms with van der Waals surface area (Å²) in [6.45, 7) is 0. The number of hydrogen-bond donors (Lipinski definition) is 1. The van der Waals surface area contributed by atoms with Gasteiger partial charge in [-0.15, -0.1) is 0 Å². The third-order valence-corrected chi connectivity index (χ3v) is 4.28. The second-order valence-corrected chi connectivity index (χ2v) is 7.21. The van der Waals surface area contributed by atoms with Gasteiger partial charge in [0.05, 0.1) is 0 Å². The predicted molar refractivity (Wildman–Crippen MR) is 79.8 cm³/mol. The van der Waals surface area contributed by atoms with Crippen LogP contribution < -0.4 is 5.73 Å². The molecular formula is C15H19NO2S. The van der Waals surface area contributed by atoms with E-state index in [1.807, 2.05) is 24.3 Å². The van der Waals surface area contributed by atoms with E-state index in [4.69, 9.17) is 5.73 Å². The van der Waals surface area contributed by atoms with E-state index in [2.05, 4.69) is 18.2 Å². The van der Waals surface area contributed by atoms with Gasteiger partial charge >= 0.3 is 0 Å². The number of benzene rings is 2. The molecule has 0 saturated carbocycles. The molecule has 0 heterocycles. The standard InChI is InChI=1S/C15H19NO2S/c1-19(17,18)11-5-10-15(16)14-9-4-7-12-6-2-3-8-13(12)14/h2-4,6-9,15H,5,10-11,16H2,1H3. The summed E-state index contributed by atoms with van der Waals surface area (Å²) in [4.78, 5) is 0. The average Bonchev–Trinajstić information content (AvgIpc) is 2.36. The highest BCUT2D eigenvalue weighted by Crippen LogP contribution is 2.25. The molecule has 1 atom stereocenters. The largest absolute Gasteiger partial charge is 0.324 e. The van der Waals surface area contributed by atoms with Crippen LogP contribution in [0.5, 0.6) is 0 Å². The van der Waals surface area contributed by atoms with Crippen molar-refractivity contribution in [2.75, 3.05) is 12.0 Å². The zero-order chi connectivity index (χ0) is 13.9. The van der Waals surface area contributed by atoms with E-state index in [1.165, 1.54) is 11.6 Å². The molecule has 0 aliphatic rings. The van der Waals surface area contributed by atoms with Crippen LogP contribution in [0.4, 0.5) is 0 Å². The Balaban J connectivity index is 2.15. The van der Waals surface area contributed by atoms with Gasteiger partial charge in [0.15, 0.2) is 0 Å². The van der Waals surface area contributed by atoms with E-state index in [0.29, 0.717) is 12.8 Å². The lowest BCUT2D eigenvalue weighted by atomic mass is 9.97. The summed E-state index contributed by atoms with van der Waals surface area (Å²) in [5.41, 5.74) is 7.29. The number of fused-ring (bicyclic) bond motifs is 1. The van der Waals surface area contributed by atoms with Crippen LogP contribution in [-0.2, 0) is 9.84 Å². The smallest absolute Gasteiger partial charge is 0.147 e. The maximum atomic E-state index is 11.1. The van der Waals surface area contributed by atoms with E-state index in [1.54, 1.807) is 0 Å². The van der Waals surface area contributed by atoms with Crippen LogP contribution in [0.3, 0.4) is 0 Å². The first kappa shape index (κ1) is 14.0. The second kappa shape index (κ2) is 5.72. The van der Waals surface area contributed by atoms with Crippen LogP contribution in [0.1, 0.15) is 24.4 Å². The Morgan fingerprint density at radius 1 is 1.11 bits per heavy atom. The molecule has 0 amide bonds. The summed E-state index contributed by atoms with van der Waals surface area (Å²) in [6, 6.07) is 14.1. The van der Waals surface area contributed by atoms with Crippen molar-refractivity contribution in [2.45, 2.75) is 18.9 Å². The van der Waals surface area contributed by atoms with Crippen molar-refractivity contribution in [3.63, 3.8) is 0 Å². The highest BCUT2D eigenvalue weighted by molar-refractivity contribution is 7.90. The fourth-order valence-electron chi connectivity index (χ4n) is 2.29. The van der Waals surface area contributed by atoms with Crippen LogP contribution in [0.2, 0.25) is 0 Å². The lowest BCUT2D eigenvalue weighted by Gasteiger charge is -2.14. The van der Waals surface area contributed by atoms with Crippen molar-refractivity contribution in [1.29, 1.82) is 0 Å². The monoisotopic (exact) mass is 277 g/mol. The molecule has 0 radical (unpaired) electrons. The molecule has 0 fully saturated rings. The molecule has 0 aromatic heterocycles. The van der Waals surface area contributed by atoms with Crippen molar-refractivity contribution >= 4 is 20.6 Å². The summed E-state index contributed by atoms with van der Waals surface area (Å²) in [5.74, 6) is 0.200. The summed E-state index contributed by atoms with van der Waals surface area (Å²) in [6.07, 6.45) is 2.54. The maximum Gasteiger partial charge on any atom is 0.147 e. The van der Waals surface area contributed by atoms with Crippen molar-refractivity contribution in [3.8, 4) is 0 Å². The summed E-state index contributed by atoms with van der Waals surface area (Å²) < 4.78 is 22.2. The Bertz CT molecular complexity index is 659. The molecular weight excluding hydrogens is 258 g/mol. The highest BCUT2D eigenvalue weighted by atomic mass is 32.2. The summed E-state index contributed by atoms with van der Waals surface area (Å²) in [7, 11) is -2.90. The minimum Gasteiger partial charge on any atom is -0.324 e. The van der Waals surface area contributed by atoms with Crippen molar-refractivity contribution in [3.05, 3.63) is 48.0 Å². The lowest BCUT2D eigenvalue weighted by molar-refractivity contribution is 0.588. The Kier molecular flexibility index (Phi) is 4.22. The predicted octanol–water partition coefficient (Wildman–Crippen LogP) is 2.66. The zero-order valence-corrected chi connectivity index (χ0v) is 11.9. The minimum absolute atomic E-state index is 0.118. The molecule has 2 aromatic rings. The molecule has 0 bridgehead atoms. The number of nitrogens with two attached hydrogens (primary N) is 1. The van der Waals surface area contributed by atoms with Gasteiger partial charge < -0.3 is 5.73 Å². The van der Waals surface area contributed by atoms with Gasteiger partial charge in [-0.3, -0.25) is 0 Å². The Hall–Kier alpha value is -1.39. The second-order valence-electron chi connectivity index (χ2n) is 4.95. The molecule has 102 valence electrons. The average molecular weight is 277 g/mol. The van der Waals surface area contributed by atoms with Gasteiger partial charge in [0.1, 0.15) is 9.84 Å². The van der Waals surface area contributed by atoms with E-state index in [9.17, 15) is 8.42 Å². The molecule has 1 unspecified atom stereocenters. The number of sulfone groups is 1. The van der Waals surface area contributed by atoms with Crippen LogP contribution in [0.25, 0.3) is 10.8 Å². The van der Waals surface area contributed by atoms with Gasteiger partial charge in [-0.05, 0) is 29.2 Å². The van der Waals surface area contributed by atoms with Crippen molar-refractivity contribution in [1.82, 2.24) is 0 Å². The SMILES string of the molecule is CS(=O)(=O)CCCC(N)c1cccc2ccccc12. The van der Waals surface area contributed by atoms with Gasteiger partial charge in [-0.25, -0.2) is 8.42 Å². The quantitative estimate of drug-likeness (QED) is 0.914. The summed E-state index contributed by atoms with van der Waals surface area (Å²) in [5, 5.41) is 2.32. The van der Waals surface area contributed by atoms with E-state index >= 15 is 0 Å². The third-order valence-electron chi connectivity index (χ3n) is 3.25. The zero-order valence-electron chi connectivity index (χ0n) is 11.0. The number of rotatable bonds is 5. The maximum absolute atomic E-state index is 11.1. The van der Waals surface area contributed by atoms with Gasteiger partial charge in [0.2, 0.25) is 0 Å². The molecule has 4 heteroatoms. The first-order valence-corrected chi connectivity index (χ1v) is 8.44. The fourth-order valence-corrected chi connectivity index (χ4v) is 2.99. The molecule has 0 aliphatic carbocycles. The van der Waals surface area contributed by atoms with Gasteiger partial charge in [-0.2, -0.15) is 0 Å². The van der Waals surface area contributed by atoms with E-state index < -0.39 is 9.84 Å². The highest BCUT2D eigenvalue weighted by Gasteiger charge is 2.11. The van der Waals surface area contributed by atoms with Gasteiger partial charge in [0, 0.05) is 18.1 Å². The number of hydrogen-bond acceptors (Lipinski definition) is 3. The minimum atomic E-state index is -2.90. The summed E-state index contributed by atoms with van der Waals surface area (Å²) >= 11 is 0. The van der Waals surface area contributed by atoms with E-state index in [-0.39, 0.29) is 11.8 Å². The first-order chi connectivity index (χ1) is 8.97. The molecule has 3 nitrogen and oxygen atoms in total. The van der Waals surface area contributed by atoms with Crippen LogP contribution >= 0.6 is 0 Å². The third kappa shape index (κ3) is 3.78.